The largest absolute Gasteiger partial charge is 0.493 e. The lowest BCUT2D eigenvalue weighted by Gasteiger charge is -2.13. The maximum Gasteiger partial charge on any atom is 0.293 e. The molecule has 2 amide bonds. The lowest BCUT2D eigenvalue weighted by atomic mass is 10.1. The first-order chi connectivity index (χ1) is 13.9. The smallest absolute Gasteiger partial charge is 0.293 e. The molecule has 0 atom stereocenters. The summed E-state index contributed by atoms with van der Waals surface area (Å²) in [5.74, 6) is 0.424. The number of hydrogen-bond donors (Lipinski definition) is 0. The van der Waals surface area contributed by atoms with Crippen LogP contribution in [-0.4, -0.2) is 29.8 Å². The van der Waals surface area contributed by atoms with Crippen molar-refractivity contribution >= 4 is 52.2 Å². The highest BCUT2D eigenvalue weighted by Gasteiger charge is 2.35. The molecule has 2 aromatic carbocycles. The monoisotopic (exact) mass is 448 g/mol. The molecule has 0 radical (unpaired) electrons. The number of benzene rings is 2. The summed E-state index contributed by atoms with van der Waals surface area (Å²) in [6.45, 7) is -0.0515. The van der Waals surface area contributed by atoms with Crippen molar-refractivity contribution in [3.8, 4) is 17.6 Å². The van der Waals surface area contributed by atoms with Crippen LogP contribution in [0, 0.1) is 11.3 Å². The molecule has 1 heterocycles. The van der Waals surface area contributed by atoms with Gasteiger partial charge in [-0.15, -0.1) is 0 Å². The summed E-state index contributed by atoms with van der Waals surface area (Å²) in [5.41, 5.74) is 1.28. The average Bonchev–Trinajstić information content (AvgIpc) is 2.96. The number of amides is 2. The van der Waals surface area contributed by atoms with Crippen LogP contribution >= 0.6 is 35.0 Å². The van der Waals surface area contributed by atoms with Crippen LogP contribution in [0.2, 0.25) is 10.0 Å². The summed E-state index contributed by atoms with van der Waals surface area (Å²) in [6.07, 6.45) is 1.60. The summed E-state index contributed by atoms with van der Waals surface area (Å²) in [6, 6.07) is 11.8. The number of nitrogens with zero attached hydrogens (tertiary/aromatic N) is 2. The Morgan fingerprint density at radius 1 is 1.17 bits per heavy atom. The maximum atomic E-state index is 12.7. The third-order valence-corrected chi connectivity index (χ3v) is 5.49. The van der Waals surface area contributed by atoms with Crippen molar-refractivity contribution < 1.29 is 19.1 Å². The van der Waals surface area contributed by atoms with Crippen molar-refractivity contribution in [1.82, 2.24) is 4.90 Å². The second-order valence-corrected chi connectivity index (χ2v) is 7.70. The van der Waals surface area contributed by atoms with Crippen molar-refractivity contribution in [2.24, 2.45) is 0 Å². The van der Waals surface area contributed by atoms with E-state index in [4.69, 9.17) is 37.9 Å². The topological polar surface area (TPSA) is 79.6 Å². The molecule has 29 heavy (non-hydrogen) atoms. The molecule has 0 aliphatic carbocycles. The van der Waals surface area contributed by atoms with Gasteiger partial charge in [-0.05, 0) is 53.2 Å². The van der Waals surface area contributed by atoms with Crippen molar-refractivity contribution in [2.75, 3.05) is 13.7 Å². The normalized spacial score (nSPS) is 15.0. The summed E-state index contributed by atoms with van der Waals surface area (Å²) >= 11 is 12.9. The molecule has 0 aromatic heterocycles. The van der Waals surface area contributed by atoms with Gasteiger partial charge in [0, 0.05) is 10.0 Å². The predicted molar refractivity (Wildman–Crippen MR) is 112 cm³/mol. The number of hydrogen-bond acceptors (Lipinski definition) is 6. The quantitative estimate of drug-likeness (QED) is 0.569. The number of halogens is 2. The molecule has 0 unspecified atom stereocenters. The highest BCUT2D eigenvalue weighted by Crippen LogP contribution is 2.36. The first kappa shape index (κ1) is 21.1. The molecule has 1 saturated heterocycles. The van der Waals surface area contributed by atoms with Gasteiger partial charge in [0.1, 0.15) is 6.07 Å². The third-order valence-electron chi connectivity index (χ3n) is 3.99. The zero-order chi connectivity index (χ0) is 21.0. The fourth-order valence-corrected chi connectivity index (χ4v) is 3.92. The SMILES string of the molecule is COc1cc(/C=C2/SC(=O)N(Cc3ccc(Cl)cc3Cl)C2=O)ccc1OCC#N. The maximum absolute atomic E-state index is 12.7. The zero-order valence-corrected chi connectivity index (χ0v) is 17.5. The highest BCUT2D eigenvalue weighted by molar-refractivity contribution is 8.18. The number of rotatable bonds is 6. The zero-order valence-electron chi connectivity index (χ0n) is 15.1. The van der Waals surface area contributed by atoms with Gasteiger partial charge in [-0.2, -0.15) is 5.26 Å². The number of methoxy groups -OCH3 is 1. The first-order valence-corrected chi connectivity index (χ1v) is 9.87. The Morgan fingerprint density at radius 3 is 2.66 bits per heavy atom. The molecular formula is C20H14Cl2N2O4S. The van der Waals surface area contributed by atoms with Gasteiger partial charge < -0.3 is 9.47 Å². The first-order valence-electron chi connectivity index (χ1n) is 8.30. The lowest BCUT2D eigenvalue weighted by Crippen LogP contribution is -2.27. The Balaban J connectivity index is 1.81. The fourth-order valence-electron chi connectivity index (χ4n) is 2.61. The van der Waals surface area contributed by atoms with Gasteiger partial charge in [-0.25, -0.2) is 0 Å². The van der Waals surface area contributed by atoms with E-state index < -0.39 is 5.91 Å². The van der Waals surface area contributed by atoms with E-state index in [-0.39, 0.29) is 23.3 Å². The molecule has 1 aliphatic heterocycles. The number of thioether (sulfide) groups is 1. The van der Waals surface area contributed by atoms with E-state index >= 15 is 0 Å². The Morgan fingerprint density at radius 2 is 1.97 bits per heavy atom. The standard InChI is InChI=1S/C20H14Cl2N2O4S/c1-27-17-8-12(2-5-16(17)28-7-6-23)9-18-19(25)24(20(26)29-18)11-13-3-4-14(21)10-15(13)22/h2-5,8-10H,7,11H2,1H3/b18-9+. The van der Waals surface area contributed by atoms with Gasteiger partial charge in [0.15, 0.2) is 18.1 Å². The van der Waals surface area contributed by atoms with Gasteiger partial charge in [-0.1, -0.05) is 35.3 Å². The fraction of sp³-hybridized carbons (Fsp3) is 0.150. The third kappa shape index (κ3) is 4.85. The minimum atomic E-state index is -0.408. The van der Waals surface area contributed by atoms with E-state index in [1.165, 1.54) is 7.11 Å². The van der Waals surface area contributed by atoms with E-state index in [2.05, 4.69) is 0 Å². The predicted octanol–water partition coefficient (Wildman–Crippen LogP) is 5.14. The average molecular weight is 449 g/mol. The Bertz CT molecular complexity index is 1050. The van der Waals surface area contributed by atoms with Crippen molar-refractivity contribution in [2.45, 2.75) is 6.54 Å². The molecule has 2 aromatic rings. The van der Waals surface area contributed by atoms with Crippen LogP contribution in [0.5, 0.6) is 11.5 Å². The number of carbonyl (C=O) groups is 2. The molecule has 3 rings (SSSR count). The van der Waals surface area contributed by atoms with Crippen molar-refractivity contribution in [3.63, 3.8) is 0 Å². The molecule has 9 heteroatoms. The number of carbonyl (C=O) groups excluding carboxylic acids is 2. The van der Waals surface area contributed by atoms with Crippen LogP contribution in [0.25, 0.3) is 6.08 Å². The van der Waals surface area contributed by atoms with Crippen LogP contribution in [0.4, 0.5) is 4.79 Å². The molecule has 0 saturated carbocycles. The minimum absolute atomic E-state index is 0.0578. The second kappa shape index (κ2) is 9.23. The van der Waals surface area contributed by atoms with Gasteiger partial charge >= 0.3 is 0 Å². The number of imide groups is 1. The highest BCUT2D eigenvalue weighted by atomic mass is 35.5. The molecule has 0 spiro atoms. The lowest BCUT2D eigenvalue weighted by molar-refractivity contribution is -0.123. The van der Waals surface area contributed by atoms with Crippen LogP contribution in [0.15, 0.2) is 41.3 Å². The van der Waals surface area contributed by atoms with E-state index in [1.807, 2.05) is 6.07 Å². The van der Waals surface area contributed by atoms with Crippen LogP contribution in [0.3, 0.4) is 0 Å². The molecule has 1 aliphatic rings. The van der Waals surface area contributed by atoms with Gasteiger partial charge in [-0.3, -0.25) is 14.5 Å². The molecule has 6 nitrogen and oxygen atoms in total. The van der Waals surface area contributed by atoms with Gasteiger partial charge in [0.25, 0.3) is 11.1 Å². The summed E-state index contributed by atoms with van der Waals surface area (Å²) in [7, 11) is 1.47. The molecule has 1 fully saturated rings. The van der Waals surface area contributed by atoms with Crippen molar-refractivity contribution in [3.05, 3.63) is 62.5 Å². The Labute approximate surface area is 181 Å². The van der Waals surface area contributed by atoms with Crippen LogP contribution in [0.1, 0.15) is 11.1 Å². The van der Waals surface area contributed by atoms with E-state index in [9.17, 15) is 9.59 Å². The molecular weight excluding hydrogens is 435 g/mol. The van der Waals surface area contributed by atoms with Crippen LogP contribution in [-0.2, 0) is 11.3 Å². The van der Waals surface area contributed by atoms with E-state index in [0.29, 0.717) is 32.7 Å². The van der Waals surface area contributed by atoms with Crippen molar-refractivity contribution in [1.29, 1.82) is 5.26 Å². The van der Waals surface area contributed by atoms with Crippen LogP contribution < -0.4 is 9.47 Å². The molecule has 0 N–H and O–H groups in total. The van der Waals surface area contributed by atoms with Gasteiger partial charge in [0.05, 0.1) is 18.6 Å². The summed E-state index contributed by atoms with van der Waals surface area (Å²) in [4.78, 5) is 26.5. The second-order valence-electron chi connectivity index (χ2n) is 5.86. The van der Waals surface area contributed by atoms with E-state index in [0.717, 1.165) is 16.7 Å². The Hall–Kier alpha value is -2.66. The summed E-state index contributed by atoms with van der Waals surface area (Å²) < 4.78 is 10.5. The number of nitriles is 1. The molecule has 148 valence electrons. The van der Waals surface area contributed by atoms with E-state index in [1.54, 1.807) is 42.5 Å². The Kier molecular flexibility index (Phi) is 6.70. The summed E-state index contributed by atoms with van der Waals surface area (Å²) in [5, 5.41) is 9.12. The number of ether oxygens (including phenoxy) is 2. The van der Waals surface area contributed by atoms with Gasteiger partial charge in [0.2, 0.25) is 0 Å². The minimum Gasteiger partial charge on any atom is -0.493 e. The molecule has 0 bridgehead atoms.